The Labute approximate surface area is 175 Å². The van der Waals surface area contributed by atoms with Gasteiger partial charge in [0.05, 0.1) is 17.5 Å². The maximum atomic E-state index is 13.7. The lowest BCUT2D eigenvalue weighted by Crippen LogP contribution is -2.14. The van der Waals surface area contributed by atoms with E-state index in [2.05, 4.69) is 15.5 Å². The SMILES string of the molecule is O=C(Cc1noc2ccccc12)Nc1ccc(-c2nc3ccccc3n2C(F)F)cc1. The Hall–Kier alpha value is -4.07. The van der Waals surface area contributed by atoms with Crippen LogP contribution in [0, 0.1) is 0 Å². The molecule has 5 rings (SSSR count). The molecule has 1 N–H and O–H groups in total. The Morgan fingerprint density at radius 3 is 2.55 bits per heavy atom. The van der Waals surface area contributed by atoms with E-state index in [0.29, 0.717) is 33.6 Å². The third-order valence-electron chi connectivity index (χ3n) is 5.00. The number of fused-ring (bicyclic) bond motifs is 2. The molecular weight excluding hydrogens is 402 g/mol. The first-order valence-electron chi connectivity index (χ1n) is 9.59. The van der Waals surface area contributed by atoms with Crippen LogP contribution in [0.5, 0.6) is 0 Å². The number of amides is 1. The first-order valence-corrected chi connectivity index (χ1v) is 9.59. The second-order valence-corrected chi connectivity index (χ2v) is 7.00. The number of carbonyl (C=O) groups excluding carboxylic acids is 1. The number of nitrogens with zero attached hydrogens (tertiary/aromatic N) is 3. The fourth-order valence-electron chi connectivity index (χ4n) is 3.57. The molecule has 154 valence electrons. The number of alkyl halides is 2. The van der Waals surface area contributed by atoms with Gasteiger partial charge in [0, 0.05) is 16.6 Å². The van der Waals surface area contributed by atoms with Gasteiger partial charge in [0.25, 0.3) is 0 Å². The van der Waals surface area contributed by atoms with Crippen molar-refractivity contribution < 1.29 is 18.1 Å². The van der Waals surface area contributed by atoms with Gasteiger partial charge in [0.15, 0.2) is 5.58 Å². The van der Waals surface area contributed by atoms with Gasteiger partial charge in [-0.1, -0.05) is 29.4 Å². The van der Waals surface area contributed by atoms with Crippen LogP contribution >= 0.6 is 0 Å². The molecule has 8 heteroatoms. The lowest BCUT2D eigenvalue weighted by atomic mass is 10.1. The van der Waals surface area contributed by atoms with Crippen LogP contribution in [0.4, 0.5) is 14.5 Å². The summed E-state index contributed by atoms with van der Waals surface area (Å²) in [6, 6.07) is 20.7. The van der Waals surface area contributed by atoms with Gasteiger partial charge in [-0.05, 0) is 48.5 Å². The Morgan fingerprint density at radius 2 is 1.74 bits per heavy atom. The van der Waals surface area contributed by atoms with E-state index in [9.17, 15) is 13.6 Å². The van der Waals surface area contributed by atoms with E-state index in [1.54, 1.807) is 54.6 Å². The van der Waals surface area contributed by atoms with Crippen LogP contribution in [0.15, 0.2) is 77.3 Å². The lowest BCUT2D eigenvalue weighted by molar-refractivity contribution is -0.115. The van der Waals surface area contributed by atoms with Crippen LogP contribution in [0.1, 0.15) is 12.2 Å². The van der Waals surface area contributed by atoms with Crippen molar-refractivity contribution in [2.45, 2.75) is 13.0 Å². The van der Waals surface area contributed by atoms with Crippen LogP contribution in [-0.2, 0) is 11.2 Å². The smallest absolute Gasteiger partial charge is 0.320 e. The fraction of sp³-hybridized carbons (Fsp3) is 0.0870. The van der Waals surface area contributed by atoms with E-state index in [-0.39, 0.29) is 18.2 Å². The molecule has 3 aromatic carbocycles. The zero-order valence-corrected chi connectivity index (χ0v) is 16.1. The Kier molecular flexibility index (Phi) is 4.66. The summed E-state index contributed by atoms with van der Waals surface area (Å²) in [5, 5.41) is 7.54. The van der Waals surface area contributed by atoms with E-state index in [0.717, 1.165) is 9.95 Å². The lowest BCUT2D eigenvalue weighted by Gasteiger charge is -2.09. The number of hydrogen-bond acceptors (Lipinski definition) is 4. The monoisotopic (exact) mass is 418 g/mol. The summed E-state index contributed by atoms with van der Waals surface area (Å²) in [5.74, 6) is -0.0882. The summed E-state index contributed by atoms with van der Waals surface area (Å²) in [4.78, 5) is 16.8. The number of benzene rings is 3. The molecule has 0 unspecified atom stereocenters. The molecule has 1 amide bonds. The van der Waals surface area contributed by atoms with Gasteiger partial charge in [-0.25, -0.2) is 4.98 Å². The molecule has 0 saturated heterocycles. The largest absolute Gasteiger partial charge is 0.356 e. The first kappa shape index (κ1) is 18.9. The van der Waals surface area contributed by atoms with E-state index in [4.69, 9.17) is 4.52 Å². The number of carbonyl (C=O) groups is 1. The molecule has 31 heavy (non-hydrogen) atoms. The zero-order valence-electron chi connectivity index (χ0n) is 16.1. The van der Waals surface area contributed by atoms with Crippen LogP contribution in [-0.4, -0.2) is 20.6 Å². The molecule has 0 spiro atoms. The Morgan fingerprint density at radius 1 is 1.00 bits per heavy atom. The first-order chi connectivity index (χ1) is 15.1. The van der Waals surface area contributed by atoms with Crippen molar-refractivity contribution in [3.63, 3.8) is 0 Å². The van der Waals surface area contributed by atoms with Gasteiger partial charge in [0.1, 0.15) is 11.5 Å². The van der Waals surface area contributed by atoms with Crippen molar-refractivity contribution in [2.24, 2.45) is 0 Å². The predicted octanol–water partition coefficient (Wildman–Crippen LogP) is 5.42. The summed E-state index contributed by atoms with van der Waals surface area (Å²) in [6.07, 6.45) is 0.0555. The maximum Gasteiger partial charge on any atom is 0.320 e. The molecule has 6 nitrogen and oxygen atoms in total. The van der Waals surface area contributed by atoms with Crippen LogP contribution in [0.25, 0.3) is 33.4 Å². The number of rotatable bonds is 5. The highest BCUT2D eigenvalue weighted by atomic mass is 19.3. The van der Waals surface area contributed by atoms with Crippen LogP contribution in [0.2, 0.25) is 0 Å². The second-order valence-electron chi connectivity index (χ2n) is 7.00. The predicted molar refractivity (Wildman–Crippen MR) is 113 cm³/mol. The van der Waals surface area contributed by atoms with Crippen molar-refractivity contribution >= 4 is 33.6 Å². The van der Waals surface area contributed by atoms with Gasteiger partial charge in [-0.2, -0.15) is 8.78 Å². The van der Waals surface area contributed by atoms with E-state index in [1.165, 1.54) is 0 Å². The van der Waals surface area contributed by atoms with Crippen molar-refractivity contribution in [2.75, 3.05) is 5.32 Å². The Balaban J connectivity index is 1.36. The summed E-state index contributed by atoms with van der Waals surface area (Å²) in [5.41, 5.74) is 3.10. The fourth-order valence-corrected chi connectivity index (χ4v) is 3.57. The molecule has 0 fully saturated rings. The average Bonchev–Trinajstić information content (AvgIpc) is 3.36. The summed E-state index contributed by atoms with van der Waals surface area (Å²) < 4.78 is 33.5. The number of para-hydroxylation sites is 3. The standard InChI is InChI=1S/C23H16F2N4O2/c24-23(25)29-19-7-3-2-6-17(19)27-22(29)14-9-11-15(12-10-14)26-21(30)13-18-16-5-1-4-8-20(16)31-28-18/h1-12,23H,13H2,(H,26,30). The topological polar surface area (TPSA) is 73.0 Å². The van der Waals surface area contributed by atoms with Crippen molar-refractivity contribution in [1.82, 2.24) is 14.7 Å². The highest BCUT2D eigenvalue weighted by Crippen LogP contribution is 2.30. The molecule has 0 saturated carbocycles. The third kappa shape index (κ3) is 3.52. The quantitative estimate of drug-likeness (QED) is 0.414. The molecule has 0 radical (unpaired) electrons. The number of aromatic nitrogens is 3. The highest BCUT2D eigenvalue weighted by molar-refractivity contribution is 5.95. The van der Waals surface area contributed by atoms with E-state index in [1.807, 2.05) is 18.2 Å². The minimum absolute atomic E-state index is 0.0555. The average molecular weight is 418 g/mol. The molecule has 2 heterocycles. The summed E-state index contributed by atoms with van der Waals surface area (Å²) >= 11 is 0. The van der Waals surface area contributed by atoms with Gasteiger partial charge >= 0.3 is 6.55 Å². The molecule has 0 aliphatic rings. The molecule has 0 aliphatic carbocycles. The normalized spacial score (nSPS) is 11.5. The zero-order chi connectivity index (χ0) is 21.4. The number of anilines is 1. The summed E-state index contributed by atoms with van der Waals surface area (Å²) in [6.45, 7) is -2.72. The third-order valence-corrected chi connectivity index (χ3v) is 5.00. The molecule has 5 aromatic rings. The molecule has 2 aromatic heterocycles. The second kappa shape index (κ2) is 7.64. The summed E-state index contributed by atoms with van der Waals surface area (Å²) in [7, 11) is 0. The number of nitrogens with one attached hydrogen (secondary N) is 1. The van der Waals surface area contributed by atoms with Crippen LogP contribution in [0.3, 0.4) is 0 Å². The minimum Gasteiger partial charge on any atom is -0.356 e. The Bertz CT molecular complexity index is 1390. The molecule has 0 aliphatic heterocycles. The molecule has 0 atom stereocenters. The van der Waals surface area contributed by atoms with Gasteiger partial charge in [-0.3, -0.25) is 9.36 Å². The number of imidazole rings is 1. The molecular formula is C23H16F2N4O2. The number of hydrogen-bond donors (Lipinski definition) is 1. The van der Waals surface area contributed by atoms with Crippen LogP contribution < -0.4 is 5.32 Å². The highest BCUT2D eigenvalue weighted by Gasteiger charge is 2.19. The van der Waals surface area contributed by atoms with Gasteiger partial charge < -0.3 is 9.84 Å². The van der Waals surface area contributed by atoms with Crippen molar-refractivity contribution in [3.8, 4) is 11.4 Å². The maximum absolute atomic E-state index is 13.7. The van der Waals surface area contributed by atoms with Crippen molar-refractivity contribution in [3.05, 3.63) is 78.5 Å². The van der Waals surface area contributed by atoms with Crippen molar-refractivity contribution in [1.29, 1.82) is 0 Å². The molecule has 0 bridgehead atoms. The van der Waals surface area contributed by atoms with E-state index >= 15 is 0 Å². The minimum atomic E-state index is -2.72. The van der Waals surface area contributed by atoms with Gasteiger partial charge in [0.2, 0.25) is 5.91 Å². The number of halogens is 2. The van der Waals surface area contributed by atoms with Gasteiger partial charge in [-0.15, -0.1) is 0 Å². The van der Waals surface area contributed by atoms with E-state index < -0.39 is 6.55 Å².